The molecule has 2 N–H and O–H groups in total. The van der Waals surface area contributed by atoms with Crippen molar-refractivity contribution in [2.24, 2.45) is 11.3 Å². The van der Waals surface area contributed by atoms with Gasteiger partial charge in [0.1, 0.15) is 12.1 Å². The number of benzene rings is 1. The molecule has 0 saturated carbocycles. The van der Waals surface area contributed by atoms with Gasteiger partial charge in [-0.25, -0.2) is 4.98 Å². The third-order valence-corrected chi connectivity index (χ3v) is 6.74. The predicted molar refractivity (Wildman–Crippen MR) is 141 cm³/mol. The number of carbonyl (C=O) groups is 3. The fraction of sp³-hybridized carbons (Fsp3) is 0.571. The molecule has 1 fully saturated rings. The lowest BCUT2D eigenvalue weighted by atomic mass is 9.94. The first-order chi connectivity index (χ1) is 17.1. The summed E-state index contributed by atoms with van der Waals surface area (Å²) < 4.78 is 1.76. The zero-order valence-electron chi connectivity index (χ0n) is 22.3. The summed E-state index contributed by atoms with van der Waals surface area (Å²) in [6, 6.07) is 8.44. The van der Waals surface area contributed by atoms with Gasteiger partial charge < -0.3 is 20.1 Å². The van der Waals surface area contributed by atoms with E-state index in [-0.39, 0.29) is 17.7 Å². The molecule has 1 aromatic carbocycles. The second-order valence-electron chi connectivity index (χ2n) is 10.9. The molecule has 2 heterocycles. The highest BCUT2D eigenvalue weighted by Gasteiger charge is 2.31. The molecule has 36 heavy (non-hydrogen) atoms. The quantitative estimate of drug-likeness (QED) is 0.539. The van der Waals surface area contributed by atoms with Crippen LogP contribution in [0.3, 0.4) is 0 Å². The SMILES string of the molecule is CCCCC(NC(=O)C(C)(C)C)C(=O)Nc1cn(C(C(=O)N2CCC(C)CC2)c2ccccc2)cn1. The van der Waals surface area contributed by atoms with Gasteiger partial charge >= 0.3 is 0 Å². The molecule has 0 radical (unpaired) electrons. The van der Waals surface area contributed by atoms with E-state index in [1.807, 2.05) is 62.9 Å². The summed E-state index contributed by atoms with van der Waals surface area (Å²) in [5.74, 6) is 0.529. The Morgan fingerprint density at radius 2 is 1.78 bits per heavy atom. The monoisotopic (exact) mass is 495 g/mol. The molecule has 8 nitrogen and oxygen atoms in total. The maximum atomic E-state index is 13.6. The van der Waals surface area contributed by atoms with E-state index in [1.165, 1.54) is 0 Å². The largest absolute Gasteiger partial charge is 0.344 e. The van der Waals surface area contributed by atoms with Crippen LogP contribution < -0.4 is 10.6 Å². The van der Waals surface area contributed by atoms with Crippen molar-refractivity contribution in [3.8, 4) is 0 Å². The smallest absolute Gasteiger partial charge is 0.250 e. The molecular formula is C28H41N5O3. The Labute approximate surface area is 214 Å². The van der Waals surface area contributed by atoms with E-state index in [0.29, 0.717) is 18.2 Å². The fourth-order valence-corrected chi connectivity index (χ4v) is 4.29. The van der Waals surface area contributed by atoms with E-state index in [9.17, 15) is 14.4 Å². The summed E-state index contributed by atoms with van der Waals surface area (Å²) in [7, 11) is 0. The lowest BCUT2D eigenvalue weighted by molar-refractivity contribution is -0.135. The highest BCUT2D eigenvalue weighted by Crippen LogP contribution is 2.26. The zero-order chi connectivity index (χ0) is 26.3. The second-order valence-corrected chi connectivity index (χ2v) is 10.9. The number of nitrogens with zero attached hydrogens (tertiary/aromatic N) is 3. The molecule has 1 aromatic heterocycles. The van der Waals surface area contributed by atoms with Crippen LogP contribution in [0.1, 0.15) is 78.3 Å². The normalized spacial score (nSPS) is 16.3. The van der Waals surface area contributed by atoms with Gasteiger partial charge in [-0.2, -0.15) is 0 Å². The molecule has 1 aliphatic heterocycles. The summed E-state index contributed by atoms with van der Waals surface area (Å²) in [4.78, 5) is 45.6. The van der Waals surface area contributed by atoms with Crippen molar-refractivity contribution in [2.75, 3.05) is 18.4 Å². The first-order valence-electron chi connectivity index (χ1n) is 13.1. The molecule has 1 saturated heterocycles. The number of hydrogen-bond donors (Lipinski definition) is 2. The first kappa shape index (κ1) is 27.4. The molecule has 0 aliphatic carbocycles. The number of unbranched alkanes of at least 4 members (excludes halogenated alkanes) is 1. The maximum Gasteiger partial charge on any atom is 0.250 e. The van der Waals surface area contributed by atoms with Crippen LogP contribution in [-0.4, -0.2) is 51.3 Å². The van der Waals surface area contributed by atoms with E-state index in [0.717, 1.165) is 44.3 Å². The Morgan fingerprint density at radius 3 is 2.39 bits per heavy atom. The summed E-state index contributed by atoms with van der Waals surface area (Å²) in [5.41, 5.74) is 0.275. The van der Waals surface area contributed by atoms with Crippen LogP contribution in [0.4, 0.5) is 5.82 Å². The van der Waals surface area contributed by atoms with Crippen LogP contribution in [0.5, 0.6) is 0 Å². The van der Waals surface area contributed by atoms with Crippen LogP contribution in [0.2, 0.25) is 0 Å². The van der Waals surface area contributed by atoms with Crippen molar-refractivity contribution >= 4 is 23.5 Å². The van der Waals surface area contributed by atoms with E-state index in [2.05, 4.69) is 22.5 Å². The number of anilines is 1. The van der Waals surface area contributed by atoms with Gasteiger partial charge in [0.25, 0.3) is 0 Å². The third-order valence-electron chi connectivity index (χ3n) is 6.74. The molecule has 8 heteroatoms. The van der Waals surface area contributed by atoms with Gasteiger partial charge in [-0.05, 0) is 30.7 Å². The van der Waals surface area contributed by atoms with E-state index < -0.39 is 17.5 Å². The molecule has 0 spiro atoms. The van der Waals surface area contributed by atoms with Crippen LogP contribution in [-0.2, 0) is 14.4 Å². The summed E-state index contributed by atoms with van der Waals surface area (Å²) >= 11 is 0. The Kier molecular flexibility index (Phi) is 9.29. The summed E-state index contributed by atoms with van der Waals surface area (Å²) in [5, 5.41) is 5.73. The molecule has 1 aliphatic rings. The molecule has 2 unspecified atom stereocenters. The van der Waals surface area contributed by atoms with Gasteiger partial charge in [-0.15, -0.1) is 0 Å². The van der Waals surface area contributed by atoms with Gasteiger partial charge in [-0.3, -0.25) is 14.4 Å². The number of nitrogens with one attached hydrogen (secondary N) is 2. The Bertz CT molecular complexity index is 1020. The highest BCUT2D eigenvalue weighted by atomic mass is 16.2. The topological polar surface area (TPSA) is 96.3 Å². The average molecular weight is 496 g/mol. The lowest BCUT2D eigenvalue weighted by Crippen LogP contribution is -2.47. The van der Waals surface area contributed by atoms with E-state index >= 15 is 0 Å². The first-order valence-corrected chi connectivity index (χ1v) is 13.1. The molecular weight excluding hydrogens is 454 g/mol. The third kappa shape index (κ3) is 7.18. The number of carbonyl (C=O) groups excluding carboxylic acids is 3. The van der Waals surface area contributed by atoms with Gasteiger partial charge in [-0.1, -0.05) is 77.8 Å². The lowest BCUT2D eigenvalue weighted by Gasteiger charge is -2.33. The van der Waals surface area contributed by atoms with Gasteiger partial charge in [0.15, 0.2) is 5.82 Å². The summed E-state index contributed by atoms with van der Waals surface area (Å²) in [6.07, 6.45) is 7.56. The van der Waals surface area contributed by atoms with E-state index in [1.54, 1.807) is 17.1 Å². The minimum Gasteiger partial charge on any atom is -0.344 e. The van der Waals surface area contributed by atoms with Crippen molar-refractivity contribution in [2.45, 2.75) is 78.8 Å². The van der Waals surface area contributed by atoms with E-state index in [4.69, 9.17) is 0 Å². The standard InChI is InChI=1S/C28H41N5O3/c1-6-7-13-22(30-27(36)28(3,4)5)25(34)31-23-18-33(19-29-23)24(21-11-9-8-10-12-21)26(35)32-16-14-20(2)15-17-32/h8-12,18-20,22,24H,6-7,13-17H2,1-5H3,(H,30,36)(H,31,34). The number of amides is 3. The van der Waals surface area contributed by atoms with Crippen LogP contribution >= 0.6 is 0 Å². The Morgan fingerprint density at radius 1 is 1.11 bits per heavy atom. The molecule has 2 aromatic rings. The Hall–Kier alpha value is -3.16. The van der Waals surface area contributed by atoms with Crippen LogP contribution in [0.25, 0.3) is 0 Å². The highest BCUT2D eigenvalue weighted by molar-refractivity contribution is 5.97. The number of piperidine rings is 1. The number of hydrogen-bond acceptors (Lipinski definition) is 4. The van der Waals surface area contributed by atoms with Crippen molar-refractivity contribution < 1.29 is 14.4 Å². The number of aromatic nitrogens is 2. The fourth-order valence-electron chi connectivity index (χ4n) is 4.29. The second kappa shape index (κ2) is 12.2. The van der Waals surface area contributed by atoms with Crippen molar-refractivity contribution in [1.82, 2.24) is 19.8 Å². The maximum absolute atomic E-state index is 13.6. The zero-order valence-corrected chi connectivity index (χ0v) is 22.3. The number of likely N-dealkylation sites (tertiary alicyclic amines) is 1. The van der Waals surface area contributed by atoms with Gasteiger partial charge in [0, 0.05) is 24.7 Å². The van der Waals surface area contributed by atoms with Crippen molar-refractivity contribution in [3.05, 3.63) is 48.4 Å². The molecule has 2 atom stereocenters. The number of imidazole rings is 1. The Balaban J connectivity index is 1.79. The van der Waals surface area contributed by atoms with Gasteiger partial charge in [0.2, 0.25) is 17.7 Å². The average Bonchev–Trinajstić information content (AvgIpc) is 3.29. The van der Waals surface area contributed by atoms with Crippen molar-refractivity contribution in [1.29, 1.82) is 0 Å². The van der Waals surface area contributed by atoms with Gasteiger partial charge in [0.05, 0.1) is 6.33 Å². The molecule has 3 amide bonds. The summed E-state index contributed by atoms with van der Waals surface area (Å²) in [6.45, 7) is 11.2. The predicted octanol–water partition coefficient (Wildman–Crippen LogP) is 4.39. The minimum absolute atomic E-state index is 0.0293. The molecule has 0 bridgehead atoms. The van der Waals surface area contributed by atoms with Crippen LogP contribution in [0.15, 0.2) is 42.9 Å². The molecule has 196 valence electrons. The number of rotatable bonds is 9. The van der Waals surface area contributed by atoms with Crippen LogP contribution in [0, 0.1) is 11.3 Å². The van der Waals surface area contributed by atoms with Crippen molar-refractivity contribution in [3.63, 3.8) is 0 Å². The molecule has 3 rings (SSSR count). The minimum atomic E-state index is -0.649.